The fraction of sp³-hybridized carbons (Fsp3) is 0.300. The fourth-order valence-corrected chi connectivity index (χ4v) is 3.60. The van der Waals surface area contributed by atoms with Crippen molar-refractivity contribution in [3.05, 3.63) is 75.7 Å². The van der Waals surface area contributed by atoms with Gasteiger partial charge >= 0.3 is 5.69 Å². The predicted molar refractivity (Wildman–Crippen MR) is 96.5 cm³/mol. The lowest BCUT2D eigenvalue weighted by Crippen LogP contribution is -2.39. The molecule has 0 saturated heterocycles. The summed E-state index contributed by atoms with van der Waals surface area (Å²) in [6.07, 6.45) is 3.08. The summed E-state index contributed by atoms with van der Waals surface area (Å²) in [7, 11) is 0. The van der Waals surface area contributed by atoms with Crippen LogP contribution in [0.25, 0.3) is 10.9 Å². The van der Waals surface area contributed by atoms with Gasteiger partial charge < -0.3 is 9.72 Å². The summed E-state index contributed by atoms with van der Waals surface area (Å²) in [6.45, 7) is 1.11. The Morgan fingerprint density at radius 2 is 1.96 bits per heavy atom. The van der Waals surface area contributed by atoms with Crippen LogP contribution in [-0.2, 0) is 16.8 Å². The SMILES string of the molecule is O=[N+]([O-])c1cc2cc(C3(COCc4ccccc4)CCC3)[nH]c2cc1F. The van der Waals surface area contributed by atoms with Crippen LogP contribution in [0.15, 0.2) is 48.5 Å². The molecule has 0 unspecified atom stereocenters. The van der Waals surface area contributed by atoms with Crippen LogP contribution < -0.4 is 0 Å². The molecule has 134 valence electrons. The van der Waals surface area contributed by atoms with Crippen LogP contribution in [0.1, 0.15) is 30.5 Å². The third-order valence-electron chi connectivity index (χ3n) is 5.26. The number of fused-ring (bicyclic) bond motifs is 1. The highest BCUT2D eigenvalue weighted by molar-refractivity contribution is 5.83. The number of aromatic amines is 1. The average Bonchev–Trinajstić information content (AvgIpc) is 3.00. The van der Waals surface area contributed by atoms with E-state index in [4.69, 9.17) is 4.74 Å². The van der Waals surface area contributed by atoms with Crippen LogP contribution in [0.5, 0.6) is 0 Å². The van der Waals surface area contributed by atoms with E-state index in [0.29, 0.717) is 24.1 Å². The maximum absolute atomic E-state index is 13.9. The van der Waals surface area contributed by atoms with Crippen LogP contribution >= 0.6 is 0 Å². The Labute approximate surface area is 149 Å². The van der Waals surface area contributed by atoms with Gasteiger partial charge in [0.15, 0.2) is 0 Å². The molecular weight excluding hydrogens is 335 g/mol. The van der Waals surface area contributed by atoms with Crippen molar-refractivity contribution in [2.45, 2.75) is 31.3 Å². The molecule has 0 spiro atoms. The maximum atomic E-state index is 13.9. The summed E-state index contributed by atoms with van der Waals surface area (Å²) in [5.41, 5.74) is 2.05. The smallest absolute Gasteiger partial charge is 0.305 e. The zero-order valence-corrected chi connectivity index (χ0v) is 14.2. The summed E-state index contributed by atoms with van der Waals surface area (Å²) in [5, 5.41) is 11.6. The Morgan fingerprint density at radius 3 is 2.62 bits per heavy atom. The molecule has 1 aliphatic carbocycles. The van der Waals surface area contributed by atoms with E-state index in [1.807, 2.05) is 36.4 Å². The van der Waals surface area contributed by atoms with Gasteiger partial charge in [0.25, 0.3) is 0 Å². The number of H-pyrrole nitrogens is 1. The highest BCUT2D eigenvalue weighted by Gasteiger charge is 2.40. The van der Waals surface area contributed by atoms with Crippen molar-refractivity contribution in [3.63, 3.8) is 0 Å². The van der Waals surface area contributed by atoms with Gasteiger partial charge in [0.2, 0.25) is 5.82 Å². The Balaban J connectivity index is 1.56. The number of nitro groups is 1. The van der Waals surface area contributed by atoms with E-state index in [9.17, 15) is 14.5 Å². The summed E-state index contributed by atoms with van der Waals surface area (Å²) in [6, 6.07) is 14.4. The number of hydrogen-bond acceptors (Lipinski definition) is 3. The zero-order chi connectivity index (χ0) is 18.1. The number of hydrogen-bond donors (Lipinski definition) is 1. The number of nitrogens with zero attached hydrogens (tertiary/aromatic N) is 1. The van der Waals surface area contributed by atoms with Crippen molar-refractivity contribution in [1.82, 2.24) is 4.98 Å². The van der Waals surface area contributed by atoms with Gasteiger partial charge in [-0.15, -0.1) is 0 Å². The van der Waals surface area contributed by atoms with Crippen molar-refractivity contribution in [2.24, 2.45) is 0 Å². The fourth-order valence-electron chi connectivity index (χ4n) is 3.60. The predicted octanol–water partition coefficient (Wildman–Crippen LogP) is 4.85. The number of rotatable bonds is 6. The third-order valence-corrected chi connectivity index (χ3v) is 5.26. The topological polar surface area (TPSA) is 68.2 Å². The van der Waals surface area contributed by atoms with Crippen LogP contribution in [0.2, 0.25) is 0 Å². The number of nitrogens with one attached hydrogen (secondary N) is 1. The van der Waals surface area contributed by atoms with Crippen molar-refractivity contribution >= 4 is 16.6 Å². The van der Waals surface area contributed by atoms with Gasteiger partial charge in [0, 0.05) is 34.1 Å². The Morgan fingerprint density at radius 1 is 1.19 bits per heavy atom. The van der Waals surface area contributed by atoms with E-state index in [1.165, 1.54) is 12.1 Å². The quantitative estimate of drug-likeness (QED) is 0.508. The molecule has 0 radical (unpaired) electrons. The summed E-state index contributed by atoms with van der Waals surface area (Å²) < 4.78 is 19.8. The summed E-state index contributed by atoms with van der Waals surface area (Å²) in [5.74, 6) is -0.820. The molecule has 6 heteroatoms. The number of benzene rings is 2. The molecule has 0 bridgehead atoms. The highest BCUT2D eigenvalue weighted by Crippen LogP contribution is 2.44. The van der Waals surface area contributed by atoms with E-state index in [1.54, 1.807) is 0 Å². The monoisotopic (exact) mass is 354 g/mol. The Kier molecular flexibility index (Phi) is 4.20. The van der Waals surface area contributed by atoms with Gasteiger partial charge in [-0.2, -0.15) is 4.39 Å². The molecule has 1 N–H and O–H groups in total. The molecule has 0 aliphatic heterocycles. The van der Waals surface area contributed by atoms with Crippen molar-refractivity contribution in [2.75, 3.05) is 6.61 Å². The molecule has 1 aromatic heterocycles. The number of aromatic nitrogens is 1. The molecular formula is C20H19FN2O3. The second kappa shape index (κ2) is 6.53. The van der Waals surface area contributed by atoms with Crippen LogP contribution in [0.4, 0.5) is 10.1 Å². The molecule has 2 aromatic carbocycles. The first kappa shape index (κ1) is 16.7. The first-order chi connectivity index (χ1) is 12.6. The van der Waals surface area contributed by atoms with E-state index < -0.39 is 16.4 Å². The molecule has 1 fully saturated rings. The van der Waals surface area contributed by atoms with E-state index in [2.05, 4.69) is 4.98 Å². The Bertz CT molecular complexity index is 948. The minimum absolute atomic E-state index is 0.126. The zero-order valence-electron chi connectivity index (χ0n) is 14.2. The van der Waals surface area contributed by atoms with Crippen LogP contribution in [0, 0.1) is 15.9 Å². The molecule has 4 rings (SSSR count). The molecule has 1 saturated carbocycles. The minimum atomic E-state index is -0.820. The Hall–Kier alpha value is -2.73. The summed E-state index contributed by atoms with van der Waals surface area (Å²) in [4.78, 5) is 13.5. The van der Waals surface area contributed by atoms with Gasteiger partial charge in [-0.1, -0.05) is 36.8 Å². The van der Waals surface area contributed by atoms with Gasteiger partial charge in [-0.05, 0) is 24.5 Å². The van der Waals surface area contributed by atoms with Crippen LogP contribution in [0.3, 0.4) is 0 Å². The van der Waals surface area contributed by atoms with Gasteiger partial charge in [-0.3, -0.25) is 10.1 Å². The van der Waals surface area contributed by atoms with Gasteiger partial charge in [0.05, 0.1) is 18.1 Å². The molecule has 1 aliphatic rings. The summed E-state index contributed by atoms with van der Waals surface area (Å²) >= 11 is 0. The van der Waals surface area contributed by atoms with E-state index in [0.717, 1.165) is 30.5 Å². The standard InChI is InChI=1S/C20H19FN2O3/c21-16-11-17-15(9-18(16)23(24)25)10-19(22-17)20(7-4-8-20)13-26-12-14-5-2-1-3-6-14/h1-3,5-6,9-11,22H,4,7-8,12-13H2. The number of ether oxygens (including phenoxy) is 1. The number of nitro benzene ring substituents is 1. The molecule has 1 heterocycles. The maximum Gasteiger partial charge on any atom is 0.305 e. The average molecular weight is 354 g/mol. The lowest BCUT2D eigenvalue weighted by atomic mass is 9.67. The molecule has 0 amide bonds. The third kappa shape index (κ3) is 2.97. The lowest BCUT2D eigenvalue weighted by molar-refractivity contribution is -0.387. The second-order valence-electron chi connectivity index (χ2n) is 6.94. The largest absolute Gasteiger partial charge is 0.376 e. The number of halogens is 1. The minimum Gasteiger partial charge on any atom is -0.376 e. The van der Waals surface area contributed by atoms with E-state index >= 15 is 0 Å². The van der Waals surface area contributed by atoms with Crippen molar-refractivity contribution in [3.8, 4) is 0 Å². The lowest BCUT2D eigenvalue weighted by Gasteiger charge is -2.41. The first-order valence-corrected chi connectivity index (χ1v) is 8.66. The normalized spacial score (nSPS) is 15.7. The van der Waals surface area contributed by atoms with Crippen molar-refractivity contribution in [1.29, 1.82) is 0 Å². The van der Waals surface area contributed by atoms with Crippen molar-refractivity contribution < 1.29 is 14.1 Å². The van der Waals surface area contributed by atoms with Gasteiger partial charge in [0.1, 0.15) is 0 Å². The molecule has 0 atom stereocenters. The van der Waals surface area contributed by atoms with Crippen LogP contribution in [-0.4, -0.2) is 16.5 Å². The van der Waals surface area contributed by atoms with E-state index in [-0.39, 0.29) is 5.41 Å². The molecule has 5 nitrogen and oxygen atoms in total. The first-order valence-electron chi connectivity index (χ1n) is 8.66. The molecule has 26 heavy (non-hydrogen) atoms. The molecule has 3 aromatic rings. The highest BCUT2D eigenvalue weighted by atomic mass is 19.1. The second-order valence-corrected chi connectivity index (χ2v) is 6.94. The van der Waals surface area contributed by atoms with Gasteiger partial charge in [-0.25, -0.2) is 0 Å².